The average Bonchev–Trinajstić information content (AvgIpc) is 2.84. The summed E-state index contributed by atoms with van der Waals surface area (Å²) in [6.07, 6.45) is -0.484. The maximum atomic E-state index is 12.9. The third-order valence-electron chi connectivity index (χ3n) is 5.90. The van der Waals surface area contributed by atoms with Gasteiger partial charge in [0.05, 0.1) is 5.56 Å². The molecule has 29 heavy (non-hydrogen) atoms. The number of likely N-dealkylation sites (N-methyl/N-ethyl adjacent to an activating group) is 2. The quantitative estimate of drug-likeness (QED) is 0.715. The SMILES string of the molecule is CN(Cc1ccc(C(F)(F)F)cc1)C(=O)CN1C(=O)N(C)C2(CCCCC2)C1=O. The number of halogens is 3. The molecule has 1 heterocycles. The predicted molar refractivity (Wildman–Crippen MR) is 98.6 cm³/mol. The van der Waals surface area contributed by atoms with Crippen LogP contribution in [-0.2, 0) is 22.3 Å². The summed E-state index contributed by atoms with van der Waals surface area (Å²) in [4.78, 5) is 41.9. The summed E-state index contributed by atoms with van der Waals surface area (Å²) >= 11 is 0. The van der Waals surface area contributed by atoms with Crippen LogP contribution >= 0.6 is 0 Å². The minimum atomic E-state index is -4.42. The molecule has 9 heteroatoms. The number of rotatable bonds is 4. The molecule has 1 aliphatic heterocycles. The Bertz CT molecular complexity index is 801. The van der Waals surface area contributed by atoms with Crippen LogP contribution in [0.15, 0.2) is 24.3 Å². The maximum absolute atomic E-state index is 12.9. The predicted octanol–water partition coefficient (Wildman–Crippen LogP) is 3.26. The second-order valence-electron chi connectivity index (χ2n) is 7.77. The molecule has 6 nitrogen and oxygen atoms in total. The fraction of sp³-hybridized carbons (Fsp3) is 0.550. The molecule has 1 aliphatic carbocycles. The van der Waals surface area contributed by atoms with Gasteiger partial charge in [-0.2, -0.15) is 13.2 Å². The van der Waals surface area contributed by atoms with Gasteiger partial charge in [0.2, 0.25) is 5.91 Å². The van der Waals surface area contributed by atoms with Gasteiger partial charge in [-0.3, -0.25) is 14.5 Å². The van der Waals surface area contributed by atoms with Crippen LogP contribution in [0.3, 0.4) is 0 Å². The molecule has 0 unspecified atom stereocenters. The van der Waals surface area contributed by atoms with Crippen molar-refractivity contribution >= 4 is 17.8 Å². The number of urea groups is 1. The molecular weight excluding hydrogens is 387 g/mol. The zero-order valence-electron chi connectivity index (χ0n) is 16.5. The first-order chi connectivity index (χ1) is 13.6. The molecule has 1 aromatic carbocycles. The van der Waals surface area contributed by atoms with Crippen LogP contribution < -0.4 is 0 Å². The van der Waals surface area contributed by atoms with Gasteiger partial charge < -0.3 is 9.80 Å². The van der Waals surface area contributed by atoms with Gasteiger partial charge in [0.1, 0.15) is 12.1 Å². The lowest BCUT2D eigenvalue weighted by molar-refractivity contribution is -0.140. The molecule has 1 aromatic rings. The van der Waals surface area contributed by atoms with E-state index in [-0.39, 0.29) is 19.0 Å². The molecule has 1 saturated carbocycles. The van der Waals surface area contributed by atoms with E-state index in [0.29, 0.717) is 18.4 Å². The molecule has 0 bridgehead atoms. The lowest BCUT2D eigenvalue weighted by Gasteiger charge is -2.35. The van der Waals surface area contributed by atoms with Crippen molar-refractivity contribution in [2.24, 2.45) is 0 Å². The Morgan fingerprint density at radius 3 is 2.24 bits per heavy atom. The Kier molecular flexibility index (Phi) is 5.60. The lowest BCUT2D eigenvalue weighted by Crippen LogP contribution is -2.49. The van der Waals surface area contributed by atoms with Crippen LogP contribution in [0.25, 0.3) is 0 Å². The topological polar surface area (TPSA) is 60.9 Å². The van der Waals surface area contributed by atoms with Crippen molar-refractivity contribution in [2.45, 2.75) is 50.4 Å². The van der Waals surface area contributed by atoms with E-state index in [2.05, 4.69) is 0 Å². The monoisotopic (exact) mass is 411 g/mol. The first kappa shape index (κ1) is 21.1. The molecule has 0 N–H and O–H groups in total. The fourth-order valence-electron chi connectivity index (χ4n) is 4.09. The van der Waals surface area contributed by atoms with Gasteiger partial charge in [-0.15, -0.1) is 0 Å². The maximum Gasteiger partial charge on any atom is 0.416 e. The number of carbonyl (C=O) groups excluding carboxylic acids is 3. The molecular formula is C20H24F3N3O3. The highest BCUT2D eigenvalue weighted by molar-refractivity contribution is 6.08. The Morgan fingerprint density at radius 2 is 1.69 bits per heavy atom. The van der Waals surface area contributed by atoms with Gasteiger partial charge in [0, 0.05) is 20.6 Å². The Balaban J connectivity index is 1.65. The molecule has 158 valence electrons. The Hall–Kier alpha value is -2.58. The standard InChI is InChI=1S/C20H24F3N3O3/c1-24(12-14-6-8-15(9-7-14)20(21,22)23)16(27)13-26-17(28)19(25(2)18(26)29)10-4-3-5-11-19/h6-9H,3-5,10-13H2,1-2H3. The third kappa shape index (κ3) is 3.95. The normalized spacial score (nSPS) is 19.2. The number of amides is 4. The van der Waals surface area contributed by atoms with E-state index in [9.17, 15) is 27.6 Å². The summed E-state index contributed by atoms with van der Waals surface area (Å²) in [6, 6.07) is 4.06. The molecule has 0 radical (unpaired) electrons. The second kappa shape index (κ2) is 7.68. The van der Waals surface area contributed by atoms with Crippen molar-refractivity contribution in [3.8, 4) is 0 Å². The van der Waals surface area contributed by atoms with Crippen molar-refractivity contribution in [1.82, 2.24) is 14.7 Å². The van der Waals surface area contributed by atoms with Crippen LogP contribution in [-0.4, -0.2) is 58.7 Å². The van der Waals surface area contributed by atoms with Crippen molar-refractivity contribution in [3.63, 3.8) is 0 Å². The van der Waals surface area contributed by atoms with E-state index in [4.69, 9.17) is 0 Å². The van der Waals surface area contributed by atoms with Crippen LogP contribution in [0.4, 0.5) is 18.0 Å². The highest BCUT2D eigenvalue weighted by atomic mass is 19.4. The summed E-state index contributed by atoms with van der Waals surface area (Å²) in [7, 11) is 3.09. The van der Waals surface area contributed by atoms with Gasteiger partial charge in [0.25, 0.3) is 5.91 Å². The minimum absolute atomic E-state index is 0.0776. The smallest absolute Gasteiger partial charge is 0.340 e. The van der Waals surface area contributed by atoms with Crippen molar-refractivity contribution in [1.29, 1.82) is 0 Å². The van der Waals surface area contributed by atoms with E-state index in [1.54, 1.807) is 7.05 Å². The zero-order valence-corrected chi connectivity index (χ0v) is 16.5. The molecule has 0 aromatic heterocycles. The van der Waals surface area contributed by atoms with Gasteiger partial charge in [0.15, 0.2) is 0 Å². The highest BCUT2D eigenvalue weighted by Gasteiger charge is 2.55. The van der Waals surface area contributed by atoms with Crippen LogP contribution in [0.5, 0.6) is 0 Å². The number of hydrogen-bond acceptors (Lipinski definition) is 3. The second-order valence-corrected chi connectivity index (χ2v) is 7.77. The van der Waals surface area contributed by atoms with E-state index in [1.165, 1.54) is 29.0 Å². The molecule has 1 spiro atoms. The Morgan fingerprint density at radius 1 is 1.10 bits per heavy atom. The summed E-state index contributed by atoms with van der Waals surface area (Å²) < 4.78 is 38.0. The van der Waals surface area contributed by atoms with Crippen LogP contribution in [0, 0.1) is 0 Å². The minimum Gasteiger partial charge on any atom is -0.340 e. The van der Waals surface area contributed by atoms with E-state index in [1.807, 2.05) is 0 Å². The highest BCUT2D eigenvalue weighted by Crippen LogP contribution is 2.39. The summed E-state index contributed by atoms with van der Waals surface area (Å²) in [5.74, 6) is -0.783. The molecule has 4 amide bonds. The van der Waals surface area contributed by atoms with Crippen molar-refractivity contribution in [3.05, 3.63) is 35.4 Å². The van der Waals surface area contributed by atoms with Gasteiger partial charge in [-0.1, -0.05) is 31.4 Å². The number of nitrogens with zero attached hydrogens (tertiary/aromatic N) is 3. The molecule has 2 aliphatic rings. The number of alkyl halides is 3. The first-order valence-corrected chi connectivity index (χ1v) is 9.56. The van der Waals surface area contributed by atoms with E-state index >= 15 is 0 Å². The molecule has 0 atom stereocenters. The van der Waals surface area contributed by atoms with Gasteiger partial charge in [-0.05, 0) is 30.5 Å². The summed E-state index contributed by atoms with van der Waals surface area (Å²) in [6.45, 7) is -0.297. The first-order valence-electron chi connectivity index (χ1n) is 9.56. The number of imide groups is 1. The fourth-order valence-corrected chi connectivity index (χ4v) is 4.09. The number of hydrogen-bond donors (Lipinski definition) is 0. The van der Waals surface area contributed by atoms with Crippen molar-refractivity contribution < 1.29 is 27.6 Å². The van der Waals surface area contributed by atoms with Crippen LogP contribution in [0.2, 0.25) is 0 Å². The molecule has 3 rings (SSSR count). The third-order valence-corrected chi connectivity index (χ3v) is 5.90. The van der Waals surface area contributed by atoms with E-state index < -0.39 is 29.2 Å². The van der Waals surface area contributed by atoms with Gasteiger partial charge in [-0.25, -0.2) is 4.79 Å². The summed E-state index contributed by atoms with van der Waals surface area (Å²) in [5.41, 5.74) is -1.08. The van der Waals surface area contributed by atoms with Crippen molar-refractivity contribution in [2.75, 3.05) is 20.6 Å². The summed E-state index contributed by atoms with van der Waals surface area (Å²) in [5, 5.41) is 0. The number of benzene rings is 1. The number of carbonyl (C=O) groups is 3. The largest absolute Gasteiger partial charge is 0.416 e. The molecule has 2 fully saturated rings. The van der Waals surface area contributed by atoms with Crippen LogP contribution in [0.1, 0.15) is 43.2 Å². The zero-order chi connectivity index (χ0) is 21.4. The molecule has 1 saturated heterocycles. The van der Waals surface area contributed by atoms with Gasteiger partial charge >= 0.3 is 12.2 Å². The van der Waals surface area contributed by atoms with E-state index in [0.717, 1.165) is 36.3 Å². The lowest BCUT2D eigenvalue weighted by atomic mass is 9.81. The average molecular weight is 411 g/mol. The Labute approximate surface area is 167 Å².